The molecule has 0 saturated carbocycles. The van der Waals surface area contributed by atoms with Gasteiger partial charge in [0.15, 0.2) is 11.5 Å². The second-order valence-corrected chi connectivity index (χ2v) is 3.74. The zero-order valence-corrected chi connectivity index (χ0v) is 9.71. The Hall–Kier alpha value is -1.26. The first-order chi connectivity index (χ1) is 7.86. The van der Waals surface area contributed by atoms with E-state index in [1.54, 1.807) is 0 Å². The van der Waals surface area contributed by atoms with E-state index in [0.29, 0.717) is 13.4 Å². The molecule has 0 bridgehead atoms. The van der Waals surface area contributed by atoms with Gasteiger partial charge < -0.3 is 19.5 Å². The van der Waals surface area contributed by atoms with Gasteiger partial charge in [0, 0.05) is 5.56 Å². The molecule has 0 fully saturated rings. The normalized spacial score (nSPS) is 16.1. The van der Waals surface area contributed by atoms with Crippen LogP contribution >= 0.6 is 0 Å². The van der Waals surface area contributed by atoms with Crippen molar-refractivity contribution in [3.8, 4) is 11.5 Å². The van der Waals surface area contributed by atoms with E-state index < -0.39 is 0 Å². The lowest BCUT2D eigenvalue weighted by Crippen LogP contribution is -2.10. The maximum absolute atomic E-state index is 5.42. The van der Waals surface area contributed by atoms with Crippen LogP contribution in [0.5, 0.6) is 11.5 Å². The maximum Gasteiger partial charge on any atom is 0.231 e. The molecule has 0 saturated heterocycles. The minimum absolute atomic E-state index is 0.354. The molecule has 0 aliphatic carbocycles. The third-order valence-electron chi connectivity index (χ3n) is 2.49. The first-order valence-corrected chi connectivity index (χ1v) is 5.43. The highest BCUT2D eigenvalue weighted by Gasteiger charge is 2.22. The van der Waals surface area contributed by atoms with Gasteiger partial charge in [0.1, 0.15) is 0 Å². The Kier molecular flexibility index (Phi) is 3.64. The average Bonchev–Trinajstić information content (AvgIpc) is 2.78. The van der Waals surface area contributed by atoms with Crippen LogP contribution in [0.15, 0.2) is 12.1 Å². The van der Waals surface area contributed by atoms with Crippen LogP contribution in [-0.2, 0) is 17.8 Å². The van der Waals surface area contributed by atoms with Gasteiger partial charge in [-0.1, -0.05) is 6.07 Å². The molecular formula is C12H17NO3. The summed E-state index contributed by atoms with van der Waals surface area (Å²) in [5.74, 6) is 1.81. The van der Waals surface area contributed by atoms with Gasteiger partial charge in [-0.3, -0.25) is 0 Å². The van der Waals surface area contributed by atoms with Crippen LogP contribution in [0, 0.1) is 0 Å². The zero-order valence-electron chi connectivity index (χ0n) is 9.71. The zero-order chi connectivity index (χ0) is 11.4. The van der Waals surface area contributed by atoms with Crippen molar-refractivity contribution in [2.45, 2.75) is 13.0 Å². The maximum atomic E-state index is 5.42. The van der Waals surface area contributed by atoms with Crippen molar-refractivity contribution < 1.29 is 14.2 Å². The lowest BCUT2D eigenvalue weighted by Gasteiger charge is -2.17. The third-order valence-corrected chi connectivity index (χ3v) is 2.49. The number of benzene rings is 1. The number of hydrogen-bond donors (Lipinski definition) is 1. The lowest BCUT2D eigenvalue weighted by atomic mass is 10.0. The minimum Gasteiger partial charge on any atom is -0.454 e. The van der Waals surface area contributed by atoms with Crippen LogP contribution in [-0.4, -0.2) is 27.5 Å². The molecule has 0 atom stereocenters. The van der Waals surface area contributed by atoms with Crippen LogP contribution in [0.25, 0.3) is 0 Å². The molecule has 3 rings (SSSR count). The van der Waals surface area contributed by atoms with Crippen LogP contribution < -0.4 is 14.8 Å². The number of hydrogen-bond acceptors (Lipinski definition) is 4. The molecule has 1 aromatic rings. The van der Waals surface area contributed by atoms with Crippen molar-refractivity contribution >= 4 is 0 Å². The highest BCUT2D eigenvalue weighted by Crippen LogP contribution is 2.39. The summed E-state index contributed by atoms with van der Waals surface area (Å²) in [7, 11) is 3.75. The third kappa shape index (κ3) is 2.13. The van der Waals surface area contributed by atoms with Crippen molar-refractivity contribution in [1.82, 2.24) is 5.32 Å². The van der Waals surface area contributed by atoms with E-state index in [0.717, 1.165) is 24.5 Å². The average molecular weight is 223 g/mol. The Labute approximate surface area is 95.5 Å². The molecule has 2 heterocycles. The fraction of sp³-hybridized carbons (Fsp3) is 0.500. The second kappa shape index (κ2) is 5.18. The Morgan fingerprint density at radius 1 is 1.19 bits per heavy atom. The van der Waals surface area contributed by atoms with Gasteiger partial charge in [-0.2, -0.15) is 0 Å². The summed E-state index contributed by atoms with van der Waals surface area (Å²) >= 11 is 0. The molecule has 0 radical (unpaired) electrons. The molecule has 1 N–H and O–H groups in total. The van der Waals surface area contributed by atoms with Gasteiger partial charge in [-0.25, -0.2) is 0 Å². The Bertz CT molecular complexity index is 366. The molecule has 2 aliphatic rings. The molecule has 16 heavy (non-hydrogen) atoms. The van der Waals surface area contributed by atoms with E-state index in [9.17, 15) is 0 Å². The van der Waals surface area contributed by atoms with Crippen LogP contribution in [0.2, 0.25) is 0 Å². The molecule has 4 heteroatoms. The second-order valence-electron chi connectivity index (χ2n) is 3.74. The van der Waals surface area contributed by atoms with Gasteiger partial charge >= 0.3 is 0 Å². The predicted molar refractivity (Wildman–Crippen MR) is 60.9 cm³/mol. The van der Waals surface area contributed by atoms with Gasteiger partial charge in [0.05, 0.1) is 13.2 Å². The summed E-state index contributed by atoms with van der Waals surface area (Å²) in [6.45, 7) is 1.84. The van der Waals surface area contributed by atoms with Crippen LogP contribution in [0.3, 0.4) is 0 Å². The first kappa shape index (κ1) is 11.2. The minimum atomic E-state index is 0.354. The van der Waals surface area contributed by atoms with E-state index in [1.807, 2.05) is 20.2 Å². The van der Waals surface area contributed by atoms with Gasteiger partial charge in [0.25, 0.3) is 0 Å². The van der Waals surface area contributed by atoms with E-state index in [2.05, 4.69) is 11.4 Å². The van der Waals surface area contributed by atoms with Gasteiger partial charge in [-0.05, 0) is 32.1 Å². The fourth-order valence-corrected chi connectivity index (χ4v) is 1.84. The van der Waals surface area contributed by atoms with E-state index in [4.69, 9.17) is 14.2 Å². The summed E-state index contributed by atoms with van der Waals surface area (Å²) in [6, 6.07) is 4.01. The molecule has 0 spiro atoms. The molecule has 0 unspecified atom stereocenters. The largest absolute Gasteiger partial charge is 0.454 e. The van der Waals surface area contributed by atoms with E-state index >= 15 is 0 Å². The standard InChI is InChI=1S/C10H10O3.C2H7N/c1-2-9-10(13-6-12-9)8-3-4-11-5-7(1)8;1-3-2/h1-2H,3-6H2;3H,1-2H3. The summed E-state index contributed by atoms with van der Waals surface area (Å²) in [6.07, 6.45) is 0.932. The van der Waals surface area contributed by atoms with Gasteiger partial charge in [-0.15, -0.1) is 0 Å². The molecule has 2 aliphatic heterocycles. The molecule has 0 amide bonds. The monoisotopic (exact) mass is 223 g/mol. The number of fused-ring (bicyclic) bond motifs is 3. The fourth-order valence-electron chi connectivity index (χ4n) is 1.84. The smallest absolute Gasteiger partial charge is 0.231 e. The van der Waals surface area contributed by atoms with Crippen molar-refractivity contribution in [2.75, 3.05) is 27.5 Å². The summed E-state index contributed by atoms with van der Waals surface area (Å²) in [5.41, 5.74) is 2.50. The van der Waals surface area contributed by atoms with Crippen molar-refractivity contribution in [3.63, 3.8) is 0 Å². The van der Waals surface area contributed by atoms with Crippen LogP contribution in [0.1, 0.15) is 11.1 Å². The molecule has 0 aromatic heterocycles. The summed E-state index contributed by atoms with van der Waals surface area (Å²) in [4.78, 5) is 0. The van der Waals surface area contributed by atoms with Crippen molar-refractivity contribution in [3.05, 3.63) is 23.3 Å². The number of ether oxygens (including phenoxy) is 3. The summed E-state index contributed by atoms with van der Waals surface area (Å²) in [5, 5.41) is 2.75. The molecule has 88 valence electrons. The summed E-state index contributed by atoms with van der Waals surface area (Å²) < 4.78 is 16.1. The molecular weight excluding hydrogens is 206 g/mol. The van der Waals surface area contributed by atoms with Crippen molar-refractivity contribution in [1.29, 1.82) is 0 Å². The highest BCUT2D eigenvalue weighted by molar-refractivity contribution is 5.52. The Morgan fingerprint density at radius 2 is 2.00 bits per heavy atom. The number of rotatable bonds is 0. The first-order valence-electron chi connectivity index (χ1n) is 5.43. The van der Waals surface area contributed by atoms with E-state index in [1.165, 1.54) is 11.1 Å². The Balaban J connectivity index is 0.000000292. The topological polar surface area (TPSA) is 39.7 Å². The Morgan fingerprint density at radius 3 is 2.81 bits per heavy atom. The SMILES string of the molecule is CNC.c1cc2c(c3c1COCC3)OCO2. The molecule has 1 aromatic carbocycles. The predicted octanol–water partition coefficient (Wildman–Crippen LogP) is 1.32. The van der Waals surface area contributed by atoms with Crippen LogP contribution in [0.4, 0.5) is 0 Å². The highest BCUT2D eigenvalue weighted by atomic mass is 16.7. The number of nitrogens with one attached hydrogen (secondary N) is 1. The lowest BCUT2D eigenvalue weighted by molar-refractivity contribution is 0.109. The van der Waals surface area contributed by atoms with E-state index in [-0.39, 0.29) is 0 Å². The molecule has 4 nitrogen and oxygen atoms in total. The quantitative estimate of drug-likeness (QED) is 0.720. The van der Waals surface area contributed by atoms with Gasteiger partial charge in [0.2, 0.25) is 6.79 Å². The van der Waals surface area contributed by atoms with Crippen molar-refractivity contribution in [2.24, 2.45) is 0 Å².